The van der Waals surface area contributed by atoms with Crippen LogP contribution in [0.5, 0.6) is 0 Å². The van der Waals surface area contributed by atoms with Crippen LogP contribution in [-0.2, 0) is 20.9 Å². The van der Waals surface area contributed by atoms with Gasteiger partial charge in [-0.3, -0.25) is 14.4 Å². The van der Waals surface area contributed by atoms with Crippen molar-refractivity contribution >= 4 is 17.8 Å². The lowest BCUT2D eigenvalue weighted by Crippen LogP contribution is -2.34. The summed E-state index contributed by atoms with van der Waals surface area (Å²) >= 11 is 0. The van der Waals surface area contributed by atoms with Crippen molar-refractivity contribution in [3.05, 3.63) is 60.1 Å². The summed E-state index contributed by atoms with van der Waals surface area (Å²) in [6.07, 6.45) is 1.96. The number of nitrogens with one attached hydrogen (secondary N) is 1. The number of hydrogen-bond acceptors (Lipinski definition) is 5. The molecule has 2 rings (SSSR count). The van der Waals surface area contributed by atoms with Crippen LogP contribution < -0.4 is 5.32 Å². The minimum absolute atomic E-state index is 0.122. The molecule has 0 aliphatic heterocycles. The minimum Gasteiger partial charge on any atom is -0.459 e. The van der Waals surface area contributed by atoms with Crippen LogP contribution in [0.15, 0.2) is 53.1 Å². The highest BCUT2D eigenvalue weighted by Gasteiger charge is 2.15. The highest BCUT2D eigenvalue weighted by atomic mass is 16.5. The molecule has 0 aliphatic carbocycles. The zero-order valence-electron chi connectivity index (χ0n) is 15.3. The van der Waals surface area contributed by atoms with Crippen LogP contribution in [0.4, 0.5) is 0 Å². The highest BCUT2D eigenvalue weighted by molar-refractivity contribution is 5.91. The van der Waals surface area contributed by atoms with Crippen LogP contribution >= 0.6 is 0 Å². The lowest BCUT2D eigenvalue weighted by molar-refractivity contribution is -0.152. The zero-order chi connectivity index (χ0) is 19.5. The van der Waals surface area contributed by atoms with Crippen molar-refractivity contribution in [1.29, 1.82) is 0 Å². The maximum absolute atomic E-state index is 12.2. The second-order valence-electron chi connectivity index (χ2n) is 5.89. The topological polar surface area (TPSA) is 88.9 Å². The fourth-order valence-electron chi connectivity index (χ4n) is 2.42. The monoisotopic (exact) mass is 372 g/mol. The van der Waals surface area contributed by atoms with Gasteiger partial charge in [-0.25, -0.2) is 0 Å². The lowest BCUT2D eigenvalue weighted by Gasteiger charge is -2.20. The molecule has 1 aromatic heterocycles. The zero-order valence-corrected chi connectivity index (χ0v) is 15.3. The largest absolute Gasteiger partial charge is 0.459 e. The summed E-state index contributed by atoms with van der Waals surface area (Å²) in [6.45, 7) is 2.93. The number of furan rings is 1. The van der Waals surface area contributed by atoms with E-state index in [1.54, 1.807) is 17.0 Å². The first kappa shape index (κ1) is 20.2. The van der Waals surface area contributed by atoms with Crippen LogP contribution in [0.2, 0.25) is 0 Å². The van der Waals surface area contributed by atoms with Crippen molar-refractivity contribution < 1.29 is 23.5 Å². The molecule has 2 aromatic rings. The third-order valence-corrected chi connectivity index (χ3v) is 3.90. The summed E-state index contributed by atoms with van der Waals surface area (Å²) in [7, 11) is 0. The predicted octanol–water partition coefficient (Wildman–Crippen LogP) is 2.38. The summed E-state index contributed by atoms with van der Waals surface area (Å²) < 4.78 is 10.0. The Hall–Kier alpha value is -3.09. The van der Waals surface area contributed by atoms with Crippen molar-refractivity contribution in [2.75, 3.05) is 19.7 Å². The average Bonchev–Trinajstić information content (AvgIpc) is 3.23. The Morgan fingerprint density at radius 3 is 2.56 bits per heavy atom. The Kier molecular flexibility index (Phi) is 8.09. The minimum atomic E-state index is -0.466. The van der Waals surface area contributed by atoms with Crippen LogP contribution in [0.1, 0.15) is 35.9 Å². The third-order valence-electron chi connectivity index (χ3n) is 3.90. The van der Waals surface area contributed by atoms with E-state index >= 15 is 0 Å². The summed E-state index contributed by atoms with van der Waals surface area (Å²) in [4.78, 5) is 37.3. The van der Waals surface area contributed by atoms with E-state index in [4.69, 9.17) is 9.15 Å². The Bertz CT molecular complexity index is 728. The molecule has 144 valence electrons. The summed E-state index contributed by atoms with van der Waals surface area (Å²) in [5.41, 5.74) is 1.02. The first-order valence-electron chi connectivity index (χ1n) is 8.89. The standard InChI is InChI=1S/C20H24N2O5/c1-2-22(14-16-8-4-3-5-9-16)18(23)15-27-19(24)11-6-12-21-20(25)17-10-7-13-26-17/h3-5,7-10,13H,2,6,11-12,14-15H2,1H3,(H,21,25). The predicted molar refractivity (Wildman–Crippen MR) is 98.8 cm³/mol. The van der Waals surface area contributed by atoms with Gasteiger partial charge in [0.05, 0.1) is 6.26 Å². The number of rotatable bonds is 10. The molecule has 27 heavy (non-hydrogen) atoms. The molecule has 0 saturated heterocycles. The Labute approximate surface area is 158 Å². The summed E-state index contributed by atoms with van der Waals surface area (Å²) in [6, 6.07) is 12.8. The van der Waals surface area contributed by atoms with Gasteiger partial charge in [-0.1, -0.05) is 30.3 Å². The van der Waals surface area contributed by atoms with E-state index < -0.39 is 5.97 Å². The molecule has 1 aromatic carbocycles. The van der Waals surface area contributed by atoms with Crippen molar-refractivity contribution in [1.82, 2.24) is 10.2 Å². The van der Waals surface area contributed by atoms with Gasteiger partial charge in [-0.05, 0) is 31.0 Å². The van der Waals surface area contributed by atoms with E-state index in [-0.39, 0.29) is 30.6 Å². The molecule has 2 amide bonds. The van der Waals surface area contributed by atoms with Gasteiger partial charge in [0.25, 0.3) is 11.8 Å². The quantitative estimate of drug-likeness (QED) is 0.511. The molecule has 1 heterocycles. The molecule has 0 unspecified atom stereocenters. The van der Waals surface area contributed by atoms with Gasteiger partial charge in [-0.15, -0.1) is 0 Å². The maximum Gasteiger partial charge on any atom is 0.306 e. The normalized spacial score (nSPS) is 10.3. The number of nitrogens with zero attached hydrogens (tertiary/aromatic N) is 1. The van der Waals surface area contributed by atoms with Gasteiger partial charge < -0.3 is 19.4 Å². The van der Waals surface area contributed by atoms with Crippen LogP contribution in [-0.4, -0.2) is 42.4 Å². The number of esters is 1. The molecular formula is C20H24N2O5. The molecule has 0 atom stereocenters. The number of ether oxygens (including phenoxy) is 1. The molecule has 0 fully saturated rings. The number of carbonyl (C=O) groups is 3. The second kappa shape index (κ2) is 10.8. The fraction of sp³-hybridized carbons (Fsp3) is 0.350. The van der Waals surface area contributed by atoms with Crippen molar-refractivity contribution in [3.63, 3.8) is 0 Å². The van der Waals surface area contributed by atoms with Gasteiger partial charge in [0, 0.05) is 26.1 Å². The Morgan fingerprint density at radius 2 is 1.89 bits per heavy atom. The van der Waals surface area contributed by atoms with E-state index in [1.807, 2.05) is 37.3 Å². The molecule has 0 bridgehead atoms. The molecule has 0 saturated carbocycles. The number of carbonyl (C=O) groups excluding carboxylic acids is 3. The first-order valence-corrected chi connectivity index (χ1v) is 8.89. The van der Waals surface area contributed by atoms with Crippen LogP contribution in [0, 0.1) is 0 Å². The highest BCUT2D eigenvalue weighted by Crippen LogP contribution is 2.05. The van der Waals surface area contributed by atoms with Crippen molar-refractivity contribution in [2.24, 2.45) is 0 Å². The third kappa shape index (κ3) is 6.97. The van der Waals surface area contributed by atoms with E-state index in [2.05, 4.69) is 5.32 Å². The van der Waals surface area contributed by atoms with Gasteiger partial charge in [0.1, 0.15) is 0 Å². The first-order chi connectivity index (χ1) is 13.1. The average molecular weight is 372 g/mol. The van der Waals surface area contributed by atoms with E-state index in [1.165, 1.54) is 6.26 Å². The maximum atomic E-state index is 12.2. The van der Waals surface area contributed by atoms with E-state index in [9.17, 15) is 14.4 Å². The number of likely N-dealkylation sites (N-methyl/N-ethyl adjacent to an activating group) is 1. The second-order valence-corrected chi connectivity index (χ2v) is 5.89. The van der Waals surface area contributed by atoms with Crippen LogP contribution in [0.25, 0.3) is 0 Å². The number of amides is 2. The van der Waals surface area contributed by atoms with Crippen LogP contribution in [0.3, 0.4) is 0 Å². The molecule has 0 aliphatic rings. The van der Waals surface area contributed by atoms with E-state index in [0.717, 1.165) is 5.56 Å². The summed E-state index contributed by atoms with van der Waals surface area (Å²) in [5, 5.41) is 2.64. The molecule has 1 N–H and O–H groups in total. The van der Waals surface area contributed by atoms with E-state index in [0.29, 0.717) is 26.1 Å². The molecule has 7 nitrogen and oxygen atoms in total. The van der Waals surface area contributed by atoms with Gasteiger partial charge >= 0.3 is 5.97 Å². The number of hydrogen-bond donors (Lipinski definition) is 1. The molecule has 0 radical (unpaired) electrons. The van der Waals surface area contributed by atoms with Crippen molar-refractivity contribution in [2.45, 2.75) is 26.3 Å². The molecule has 7 heteroatoms. The smallest absolute Gasteiger partial charge is 0.306 e. The van der Waals surface area contributed by atoms with Gasteiger partial charge in [0.2, 0.25) is 0 Å². The SMILES string of the molecule is CCN(Cc1ccccc1)C(=O)COC(=O)CCCNC(=O)c1ccco1. The molecule has 0 spiro atoms. The number of benzene rings is 1. The summed E-state index contributed by atoms with van der Waals surface area (Å²) in [5.74, 6) is -0.809. The molecular weight excluding hydrogens is 348 g/mol. The Morgan fingerprint density at radius 1 is 1.11 bits per heavy atom. The Balaban J connectivity index is 1.63. The van der Waals surface area contributed by atoms with Gasteiger partial charge in [0.15, 0.2) is 12.4 Å². The lowest BCUT2D eigenvalue weighted by atomic mass is 10.2. The van der Waals surface area contributed by atoms with Gasteiger partial charge in [-0.2, -0.15) is 0 Å². The fourth-order valence-corrected chi connectivity index (χ4v) is 2.42. The van der Waals surface area contributed by atoms with Crippen molar-refractivity contribution in [3.8, 4) is 0 Å².